The summed E-state index contributed by atoms with van der Waals surface area (Å²) < 4.78 is 27.1. The molecule has 0 saturated heterocycles. The van der Waals surface area contributed by atoms with Gasteiger partial charge in [0.15, 0.2) is 5.11 Å². The molecule has 0 aliphatic rings. The van der Waals surface area contributed by atoms with Gasteiger partial charge in [-0.3, -0.25) is 0 Å². The highest BCUT2D eigenvalue weighted by atomic mass is 32.1. The smallest absolute Gasteiger partial charge is 0.175 e. The molecular weight excluding hydrogens is 278 g/mol. The van der Waals surface area contributed by atoms with Gasteiger partial charge in [0.2, 0.25) is 0 Å². The number of rotatable bonds is 2. The van der Waals surface area contributed by atoms with Crippen LogP contribution in [0.2, 0.25) is 0 Å². The molecule has 2 rings (SSSR count). The summed E-state index contributed by atoms with van der Waals surface area (Å²) in [6.07, 6.45) is 0. The fourth-order valence-electron chi connectivity index (χ4n) is 1.74. The van der Waals surface area contributed by atoms with Crippen molar-refractivity contribution in [2.75, 3.05) is 10.6 Å². The fourth-order valence-corrected chi connectivity index (χ4v) is 1.96. The molecule has 0 atom stereocenters. The van der Waals surface area contributed by atoms with Crippen LogP contribution >= 0.6 is 12.2 Å². The molecule has 2 aromatic rings. The molecule has 2 N–H and O–H groups in total. The third kappa shape index (κ3) is 3.30. The lowest BCUT2D eigenvalue weighted by molar-refractivity contribution is 0.619. The summed E-state index contributed by atoms with van der Waals surface area (Å²) in [7, 11) is 0. The topological polar surface area (TPSA) is 24.1 Å². The molecule has 0 radical (unpaired) electrons. The van der Waals surface area contributed by atoms with Crippen LogP contribution in [0.25, 0.3) is 0 Å². The van der Waals surface area contributed by atoms with E-state index in [4.69, 9.17) is 12.2 Å². The first-order chi connectivity index (χ1) is 9.47. The van der Waals surface area contributed by atoms with Gasteiger partial charge >= 0.3 is 0 Å². The van der Waals surface area contributed by atoms with Crippen LogP contribution in [0, 0.1) is 25.5 Å². The van der Waals surface area contributed by atoms with Crippen molar-refractivity contribution in [2.24, 2.45) is 0 Å². The van der Waals surface area contributed by atoms with Gasteiger partial charge in [0, 0.05) is 11.3 Å². The van der Waals surface area contributed by atoms with Gasteiger partial charge in [0.1, 0.15) is 11.6 Å². The molecule has 0 aliphatic heterocycles. The summed E-state index contributed by atoms with van der Waals surface area (Å²) in [5.74, 6) is -0.704. The van der Waals surface area contributed by atoms with E-state index < -0.39 is 0 Å². The predicted octanol–water partition coefficient (Wildman–Crippen LogP) is 4.39. The Hall–Kier alpha value is -2.01. The van der Waals surface area contributed by atoms with E-state index >= 15 is 0 Å². The van der Waals surface area contributed by atoms with E-state index in [1.165, 1.54) is 12.1 Å². The molecule has 0 aromatic heterocycles. The second-order valence-electron chi connectivity index (χ2n) is 4.47. The first-order valence-corrected chi connectivity index (χ1v) is 6.47. The van der Waals surface area contributed by atoms with Gasteiger partial charge in [0.25, 0.3) is 0 Å². The van der Waals surface area contributed by atoms with Gasteiger partial charge in [-0.25, -0.2) is 8.78 Å². The molecule has 20 heavy (non-hydrogen) atoms. The average molecular weight is 292 g/mol. The van der Waals surface area contributed by atoms with Crippen molar-refractivity contribution in [3.05, 3.63) is 59.2 Å². The number of anilines is 2. The first-order valence-electron chi connectivity index (χ1n) is 6.06. The van der Waals surface area contributed by atoms with Crippen molar-refractivity contribution in [2.45, 2.75) is 13.8 Å². The van der Waals surface area contributed by atoms with E-state index in [1.807, 2.05) is 0 Å². The van der Waals surface area contributed by atoms with Crippen LogP contribution in [0.5, 0.6) is 0 Å². The maximum absolute atomic E-state index is 13.7. The zero-order valence-electron chi connectivity index (χ0n) is 11.1. The van der Waals surface area contributed by atoms with Crippen molar-refractivity contribution in [1.29, 1.82) is 0 Å². The van der Waals surface area contributed by atoms with Gasteiger partial charge in [0.05, 0.1) is 5.69 Å². The Balaban J connectivity index is 2.11. The number of aryl methyl sites for hydroxylation is 1. The van der Waals surface area contributed by atoms with E-state index in [9.17, 15) is 8.78 Å². The van der Waals surface area contributed by atoms with Crippen molar-refractivity contribution < 1.29 is 8.78 Å². The number of nitrogens with one attached hydrogen (secondary N) is 2. The molecular formula is C15H14F2N2S. The SMILES string of the molecule is Cc1ccc(NC(=S)Nc2cccc(F)c2C)c(F)c1. The number of thiocarbonyl (C=S) groups is 1. The molecule has 0 unspecified atom stereocenters. The summed E-state index contributed by atoms with van der Waals surface area (Å²) in [4.78, 5) is 0. The highest BCUT2D eigenvalue weighted by Crippen LogP contribution is 2.19. The van der Waals surface area contributed by atoms with Crippen molar-refractivity contribution >= 4 is 28.7 Å². The van der Waals surface area contributed by atoms with Crippen molar-refractivity contribution in [3.8, 4) is 0 Å². The standard InChI is InChI=1S/C15H14F2N2S/c1-9-6-7-14(12(17)8-9)19-15(20)18-13-5-3-4-11(16)10(13)2/h3-8H,1-2H3,(H2,18,19,20). The summed E-state index contributed by atoms with van der Waals surface area (Å²) in [6, 6.07) is 9.46. The van der Waals surface area contributed by atoms with Gasteiger partial charge in [-0.2, -0.15) is 0 Å². The van der Waals surface area contributed by atoms with Gasteiger partial charge in [-0.15, -0.1) is 0 Å². The third-order valence-corrected chi connectivity index (χ3v) is 3.09. The second-order valence-corrected chi connectivity index (χ2v) is 4.88. The van der Waals surface area contributed by atoms with Crippen LogP contribution in [0.4, 0.5) is 20.2 Å². The van der Waals surface area contributed by atoms with Gasteiger partial charge in [-0.1, -0.05) is 12.1 Å². The van der Waals surface area contributed by atoms with Gasteiger partial charge in [-0.05, 0) is 55.9 Å². The van der Waals surface area contributed by atoms with Crippen LogP contribution in [0.1, 0.15) is 11.1 Å². The predicted molar refractivity (Wildman–Crippen MR) is 82.1 cm³/mol. The Morgan fingerprint density at radius 3 is 2.35 bits per heavy atom. The second kappa shape index (κ2) is 5.96. The Morgan fingerprint density at radius 2 is 1.65 bits per heavy atom. The molecule has 0 fully saturated rings. The lowest BCUT2D eigenvalue weighted by Gasteiger charge is -2.13. The largest absolute Gasteiger partial charge is 0.332 e. The molecule has 104 valence electrons. The molecule has 0 heterocycles. The molecule has 0 aliphatic carbocycles. The molecule has 0 saturated carbocycles. The van der Waals surface area contributed by atoms with E-state index in [0.717, 1.165) is 5.56 Å². The lowest BCUT2D eigenvalue weighted by Crippen LogP contribution is -2.20. The highest BCUT2D eigenvalue weighted by molar-refractivity contribution is 7.80. The van der Waals surface area contributed by atoms with Crippen LogP contribution in [0.3, 0.4) is 0 Å². The van der Waals surface area contributed by atoms with Crippen LogP contribution in [-0.2, 0) is 0 Å². The maximum atomic E-state index is 13.7. The Labute approximate surface area is 121 Å². The monoisotopic (exact) mass is 292 g/mol. The zero-order chi connectivity index (χ0) is 14.7. The quantitative estimate of drug-likeness (QED) is 0.803. The fraction of sp³-hybridized carbons (Fsp3) is 0.133. The molecule has 0 bridgehead atoms. The Kier molecular flexibility index (Phi) is 4.29. The molecule has 0 amide bonds. The minimum Gasteiger partial charge on any atom is -0.332 e. The molecule has 5 heteroatoms. The Morgan fingerprint density at radius 1 is 0.950 bits per heavy atom. The number of hydrogen-bond acceptors (Lipinski definition) is 1. The lowest BCUT2D eigenvalue weighted by atomic mass is 10.2. The number of hydrogen-bond donors (Lipinski definition) is 2. The van der Waals surface area contributed by atoms with E-state index in [0.29, 0.717) is 11.3 Å². The van der Waals surface area contributed by atoms with Crippen LogP contribution in [-0.4, -0.2) is 5.11 Å². The minimum absolute atomic E-state index is 0.210. The van der Waals surface area contributed by atoms with E-state index in [2.05, 4.69) is 10.6 Å². The average Bonchev–Trinajstić information content (AvgIpc) is 2.38. The van der Waals surface area contributed by atoms with E-state index in [-0.39, 0.29) is 22.4 Å². The summed E-state index contributed by atoms with van der Waals surface area (Å²) >= 11 is 5.10. The highest BCUT2D eigenvalue weighted by Gasteiger charge is 2.07. The summed E-state index contributed by atoms with van der Waals surface area (Å²) in [6.45, 7) is 3.45. The summed E-state index contributed by atoms with van der Waals surface area (Å²) in [5, 5.41) is 5.82. The van der Waals surface area contributed by atoms with Crippen molar-refractivity contribution in [1.82, 2.24) is 0 Å². The third-order valence-electron chi connectivity index (χ3n) is 2.89. The molecule has 0 spiro atoms. The van der Waals surface area contributed by atoms with Crippen LogP contribution in [0.15, 0.2) is 36.4 Å². The molecule has 2 aromatic carbocycles. The summed E-state index contributed by atoms with van der Waals surface area (Å²) in [5.41, 5.74) is 2.12. The normalized spacial score (nSPS) is 10.2. The minimum atomic E-state index is -0.384. The number of halogens is 2. The number of benzene rings is 2. The zero-order valence-corrected chi connectivity index (χ0v) is 11.9. The Bertz CT molecular complexity index is 656. The van der Waals surface area contributed by atoms with Crippen LogP contribution < -0.4 is 10.6 Å². The maximum Gasteiger partial charge on any atom is 0.175 e. The van der Waals surface area contributed by atoms with Crippen molar-refractivity contribution in [3.63, 3.8) is 0 Å². The van der Waals surface area contributed by atoms with Gasteiger partial charge < -0.3 is 10.6 Å². The molecule has 2 nitrogen and oxygen atoms in total. The first kappa shape index (κ1) is 14.4. The van der Waals surface area contributed by atoms with E-state index in [1.54, 1.807) is 38.1 Å².